The fraction of sp³-hybridized carbons (Fsp3) is 0.375. The Kier molecular flexibility index (Phi) is 1.62. The highest BCUT2D eigenvalue weighted by atomic mass is 16.1. The van der Waals surface area contributed by atoms with Gasteiger partial charge in [0.15, 0.2) is 0 Å². The van der Waals surface area contributed by atoms with E-state index >= 15 is 0 Å². The molecule has 0 aromatic carbocycles. The molecule has 0 unspecified atom stereocenters. The van der Waals surface area contributed by atoms with Crippen LogP contribution in [0.15, 0.2) is 12.3 Å². The molecule has 0 spiro atoms. The molecule has 0 aliphatic carbocycles. The Morgan fingerprint density at radius 3 is 2.30 bits per heavy atom. The van der Waals surface area contributed by atoms with Crippen LogP contribution in [-0.4, -0.2) is 10.5 Å². The quantitative estimate of drug-likeness (QED) is 0.534. The van der Waals surface area contributed by atoms with E-state index in [0.717, 1.165) is 11.3 Å². The van der Waals surface area contributed by atoms with E-state index in [1.54, 1.807) is 11.5 Å². The maximum absolute atomic E-state index is 10.8. The van der Waals surface area contributed by atoms with E-state index in [4.69, 9.17) is 0 Å². The predicted octanol–water partition coefficient (Wildman–Crippen LogP) is 1.77. The zero-order valence-corrected chi connectivity index (χ0v) is 6.51. The van der Waals surface area contributed by atoms with Crippen LogP contribution >= 0.6 is 0 Å². The van der Waals surface area contributed by atoms with Crippen LogP contribution in [0.5, 0.6) is 0 Å². The summed E-state index contributed by atoms with van der Waals surface area (Å²) in [6, 6.07) is 1.99. The molecule has 1 aromatic rings. The largest absolute Gasteiger partial charge is 0.292 e. The number of carbonyl (C=O) groups is 1. The van der Waals surface area contributed by atoms with Gasteiger partial charge in [0.05, 0.1) is 0 Å². The van der Waals surface area contributed by atoms with Crippen molar-refractivity contribution in [3.05, 3.63) is 23.5 Å². The van der Waals surface area contributed by atoms with Gasteiger partial charge in [-0.1, -0.05) is 0 Å². The fourth-order valence-electron chi connectivity index (χ4n) is 1.08. The Balaban J connectivity index is 3.15. The molecule has 0 aliphatic rings. The van der Waals surface area contributed by atoms with Crippen LogP contribution in [0.1, 0.15) is 23.0 Å². The van der Waals surface area contributed by atoms with E-state index in [1.165, 1.54) is 0 Å². The average molecular weight is 137 g/mol. The summed E-state index contributed by atoms with van der Waals surface area (Å²) in [5.41, 5.74) is 2.14. The maximum atomic E-state index is 10.8. The standard InChI is InChI=1S/C8H11NO/c1-6-4-7(2)9(5-6)8(3)10/h4-5H,1-3H3. The van der Waals surface area contributed by atoms with Crippen LogP contribution in [0.25, 0.3) is 0 Å². The second-order valence-electron chi connectivity index (χ2n) is 2.55. The molecule has 0 radical (unpaired) electrons. The number of aromatic nitrogens is 1. The Morgan fingerprint density at radius 1 is 1.50 bits per heavy atom. The van der Waals surface area contributed by atoms with E-state index < -0.39 is 0 Å². The Morgan fingerprint density at radius 2 is 2.10 bits per heavy atom. The third-order valence-electron chi connectivity index (χ3n) is 1.49. The van der Waals surface area contributed by atoms with Crippen LogP contribution in [0.2, 0.25) is 0 Å². The average Bonchev–Trinajstić information content (AvgIpc) is 2.10. The van der Waals surface area contributed by atoms with E-state index in [1.807, 2.05) is 26.1 Å². The summed E-state index contributed by atoms with van der Waals surface area (Å²) in [5, 5.41) is 0. The molecule has 1 heterocycles. The second-order valence-corrected chi connectivity index (χ2v) is 2.55. The monoisotopic (exact) mass is 137 g/mol. The molecule has 0 saturated heterocycles. The lowest BCUT2D eigenvalue weighted by Crippen LogP contribution is -2.04. The molecule has 0 atom stereocenters. The molecule has 0 fully saturated rings. The first-order chi connectivity index (χ1) is 4.61. The van der Waals surface area contributed by atoms with Crippen molar-refractivity contribution in [2.24, 2.45) is 0 Å². The summed E-state index contributed by atoms with van der Waals surface area (Å²) >= 11 is 0. The summed E-state index contributed by atoms with van der Waals surface area (Å²) in [6.07, 6.45) is 1.84. The molecule has 0 amide bonds. The lowest BCUT2D eigenvalue weighted by Gasteiger charge is -1.96. The Hall–Kier alpha value is -1.05. The third-order valence-corrected chi connectivity index (χ3v) is 1.49. The van der Waals surface area contributed by atoms with Gasteiger partial charge in [0.25, 0.3) is 0 Å². The van der Waals surface area contributed by atoms with Gasteiger partial charge in [0, 0.05) is 18.8 Å². The smallest absolute Gasteiger partial charge is 0.227 e. The third kappa shape index (κ3) is 1.10. The first-order valence-corrected chi connectivity index (χ1v) is 3.28. The summed E-state index contributed by atoms with van der Waals surface area (Å²) in [5.74, 6) is 0.0746. The molecule has 2 nitrogen and oxygen atoms in total. The number of nitrogens with zero attached hydrogens (tertiary/aromatic N) is 1. The molecule has 0 N–H and O–H groups in total. The van der Waals surface area contributed by atoms with Gasteiger partial charge in [0.1, 0.15) is 0 Å². The molecule has 0 aliphatic heterocycles. The van der Waals surface area contributed by atoms with Crippen molar-refractivity contribution in [2.75, 3.05) is 0 Å². The van der Waals surface area contributed by atoms with Crippen molar-refractivity contribution in [3.63, 3.8) is 0 Å². The number of rotatable bonds is 0. The Labute approximate surface area is 60.5 Å². The SMILES string of the molecule is CC(=O)n1cc(C)cc1C. The molecule has 10 heavy (non-hydrogen) atoms. The molecule has 1 aromatic heterocycles. The number of hydrogen-bond acceptors (Lipinski definition) is 1. The minimum Gasteiger partial charge on any atom is -0.292 e. The van der Waals surface area contributed by atoms with Gasteiger partial charge in [-0.2, -0.15) is 0 Å². The number of carbonyl (C=O) groups excluding carboxylic acids is 1. The van der Waals surface area contributed by atoms with Gasteiger partial charge in [0.2, 0.25) is 5.91 Å². The molecule has 0 saturated carbocycles. The minimum atomic E-state index is 0.0746. The van der Waals surface area contributed by atoms with Crippen molar-refractivity contribution >= 4 is 5.91 Å². The van der Waals surface area contributed by atoms with Gasteiger partial charge >= 0.3 is 0 Å². The molecule has 2 heteroatoms. The highest BCUT2D eigenvalue weighted by molar-refractivity contribution is 5.77. The van der Waals surface area contributed by atoms with E-state index in [-0.39, 0.29) is 5.91 Å². The van der Waals surface area contributed by atoms with Crippen LogP contribution in [0.3, 0.4) is 0 Å². The van der Waals surface area contributed by atoms with E-state index in [2.05, 4.69) is 0 Å². The lowest BCUT2D eigenvalue weighted by molar-refractivity contribution is 0.0935. The first-order valence-electron chi connectivity index (χ1n) is 3.28. The van der Waals surface area contributed by atoms with Gasteiger partial charge in [-0.15, -0.1) is 0 Å². The summed E-state index contributed by atoms with van der Waals surface area (Å²) in [6.45, 7) is 5.47. The number of hydrogen-bond donors (Lipinski definition) is 0. The molecule has 54 valence electrons. The zero-order valence-electron chi connectivity index (χ0n) is 6.51. The van der Waals surface area contributed by atoms with Crippen molar-refractivity contribution in [1.82, 2.24) is 4.57 Å². The van der Waals surface area contributed by atoms with Crippen LogP contribution in [0.4, 0.5) is 0 Å². The summed E-state index contributed by atoms with van der Waals surface area (Å²) < 4.78 is 1.65. The zero-order chi connectivity index (χ0) is 7.72. The molecular formula is C8H11NO. The number of aryl methyl sites for hydroxylation is 2. The fourth-order valence-corrected chi connectivity index (χ4v) is 1.08. The molecule has 0 bridgehead atoms. The normalized spacial score (nSPS) is 9.90. The second kappa shape index (κ2) is 2.29. The van der Waals surface area contributed by atoms with Crippen LogP contribution in [-0.2, 0) is 0 Å². The van der Waals surface area contributed by atoms with Crippen LogP contribution < -0.4 is 0 Å². The van der Waals surface area contributed by atoms with E-state index in [0.29, 0.717) is 0 Å². The first kappa shape index (κ1) is 7.06. The summed E-state index contributed by atoms with van der Waals surface area (Å²) in [7, 11) is 0. The van der Waals surface area contributed by atoms with Crippen molar-refractivity contribution < 1.29 is 4.79 Å². The van der Waals surface area contributed by atoms with Gasteiger partial charge < -0.3 is 0 Å². The lowest BCUT2D eigenvalue weighted by atomic mass is 10.4. The maximum Gasteiger partial charge on any atom is 0.227 e. The topological polar surface area (TPSA) is 22.0 Å². The van der Waals surface area contributed by atoms with Crippen molar-refractivity contribution in [2.45, 2.75) is 20.8 Å². The molecular weight excluding hydrogens is 126 g/mol. The van der Waals surface area contributed by atoms with E-state index in [9.17, 15) is 4.79 Å². The van der Waals surface area contributed by atoms with Gasteiger partial charge in [-0.3, -0.25) is 9.36 Å². The predicted molar refractivity (Wildman–Crippen MR) is 40.2 cm³/mol. The highest BCUT2D eigenvalue weighted by Gasteiger charge is 2.00. The van der Waals surface area contributed by atoms with Crippen molar-refractivity contribution in [1.29, 1.82) is 0 Å². The molecule has 1 rings (SSSR count). The summed E-state index contributed by atoms with van der Waals surface area (Å²) in [4.78, 5) is 10.8. The van der Waals surface area contributed by atoms with Crippen molar-refractivity contribution in [3.8, 4) is 0 Å². The Bertz CT molecular complexity index is 260. The van der Waals surface area contributed by atoms with Gasteiger partial charge in [-0.25, -0.2) is 0 Å². The minimum absolute atomic E-state index is 0.0746. The van der Waals surface area contributed by atoms with Gasteiger partial charge in [-0.05, 0) is 25.5 Å². The highest BCUT2D eigenvalue weighted by Crippen LogP contribution is 2.04. The van der Waals surface area contributed by atoms with Crippen LogP contribution in [0, 0.1) is 13.8 Å².